The Kier molecular flexibility index (Phi) is 7.38. The highest BCUT2D eigenvalue weighted by atomic mass is 32.1. The summed E-state index contributed by atoms with van der Waals surface area (Å²) < 4.78 is 2.65. The molecule has 2 aromatic heterocycles. The fourth-order valence-corrected chi connectivity index (χ4v) is 10.0. The van der Waals surface area contributed by atoms with Crippen LogP contribution in [0.1, 0.15) is 25.0 Å². The number of aromatic nitrogens is 3. The van der Waals surface area contributed by atoms with Crippen LogP contribution in [0.2, 0.25) is 0 Å². The first-order valence-corrected chi connectivity index (χ1v) is 19.9. The fraction of sp³-hybridized carbons (Fsp3) is 0.0577. The quantitative estimate of drug-likeness (QED) is 0.177. The topological polar surface area (TPSA) is 38.7 Å². The van der Waals surface area contributed by atoms with Gasteiger partial charge >= 0.3 is 0 Å². The highest BCUT2D eigenvalue weighted by Gasteiger charge is 2.39. The number of fused-ring (bicyclic) bond motifs is 10. The Morgan fingerprint density at radius 2 is 0.893 bits per heavy atom. The molecule has 0 aliphatic heterocycles. The van der Waals surface area contributed by atoms with Gasteiger partial charge in [0.15, 0.2) is 17.5 Å². The van der Waals surface area contributed by atoms with Crippen molar-refractivity contribution < 1.29 is 0 Å². The minimum atomic E-state index is -0.163. The van der Waals surface area contributed by atoms with Crippen molar-refractivity contribution in [2.75, 3.05) is 0 Å². The molecule has 0 atom stereocenters. The third-order valence-corrected chi connectivity index (χ3v) is 12.7. The van der Waals surface area contributed by atoms with Gasteiger partial charge in [0.2, 0.25) is 0 Å². The molecular formula is C52H35N3S. The van der Waals surface area contributed by atoms with Gasteiger partial charge in [-0.1, -0.05) is 178 Å². The maximum atomic E-state index is 5.22. The molecule has 2 heterocycles. The molecule has 264 valence electrons. The highest BCUT2D eigenvalue weighted by molar-refractivity contribution is 7.26. The minimum absolute atomic E-state index is 0.163. The molecule has 11 rings (SSSR count). The molecule has 1 aliphatic rings. The van der Waals surface area contributed by atoms with E-state index in [9.17, 15) is 0 Å². The van der Waals surface area contributed by atoms with E-state index in [4.69, 9.17) is 15.0 Å². The van der Waals surface area contributed by atoms with E-state index in [0.29, 0.717) is 17.5 Å². The summed E-state index contributed by atoms with van der Waals surface area (Å²) in [4.78, 5) is 15.6. The number of thiophene rings is 1. The molecule has 56 heavy (non-hydrogen) atoms. The van der Waals surface area contributed by atoms with E-state index in [1.54, 1.807) is 0 Å². The van der Waals surface area contributed by atoms with E-state index in [1.807, 2.05) is 23.5 Å². The van der Waals surface area contributed by atoms with Crippen molar-refractivity contribution in [2.45, 2.75) is 19.3 Å². The summed E-state index contributed by atoms with van der Waals surface area (Å²) in [5, 5.41) is 5.21. The van der Waals surface area contributed by atoms with Crippen molar-refractivity contribution in [2.24, 2.45) is 0 Å². The average molecular weight is 734 g/mol. The Morgan fingerprint density at radius 3 is 1.52 bits per heavy atom. The van der Waals surface area contributed by atoms with Gasteiger partial charge in [0.1, 0.15) is 0 Å². The second-order valence-electron chi connectivity index (χ2n) is 15.2. The first-order valence-electron chi connectivity index (χ1n) is 19.1. The molecule has 0 unspecified atom stereocenters. The van der Waals surface area contributed by atoms with E-state index in [2.05, 4.69) is 178 Å². The third-order valence-electron chi connectivity index (χ3n) is 11.5. The largest absolute Gasteiger partial charge is 0.208 e. The smallest absolute Gasteiger partial charge is 0.164 e. The van der Waals surface area contributed by atoms with Gasteiger partial charge in [-0.05, 0) is 62.0 Å². The van der Waals surface area contributed by atoms with Crippen molar-refractivity contribution in [3.05, 3.63) is 187 Å². The summed E-state index contributed by atoms with van der Waals surface area (Å²) in [6.07, 6.45) is 0. The van der Waals surface area contributed by atoms with Crippen LogP contribution in [0.3, 0.4) is 0 Å². The van der Waals surface area contributed by atoms with Crippen molar-refractivity contribution in [3.8, 4) is 67.5 Å². The predicted octanol–water partition coefficient (Wildman–Crippen LogP) is 14.0. The van der Waals surface area contributed by atoms with E-state index in [1.165, 1.54) is 64.3 Å². The Bertz CT molecular complexity index is 3030. The summed E-state index contributed by atoms with van der Waals surface area (Å²) in [6, 6.07) is 62.6. The Morgan fingerprint density at radius 1 is 0.411 bits per heavy atom. The maximum absolute atomic E-state index is 5.22. The van der Waals surface area contributed by atoms with Crippen molar-refractivity contribution in [3.63, 3.8) is 0 Å². The van der Waals surface area contributed by atoms with Crippen LogP contribution in [-0.2, 0) is 5.41 Å². The van der Waals surface area contributed by atoms with Crippen molar-refractivity contribution >= 4 is 42.3 Å². The van der Waals surface area contributed by atoms with Gasteiger partial charge in [0.25, 0.3) is 0 Å². The lowest BCUT2D eigenvalue weighted by molar-refractivity contribution is 0.667. The molecule has 0 radical (unpaired) electrons. The SMILES string of the molecule is CC1(C)c2ccccc2-c2c1c1c3ccccc3sc1c1ccc(-c3nc(-c4ccc(-c5ccccc5)cc4)nc(-c4ccc(-c5ccccc5)cc4)n3)cc21. The number of hydrogen-bond donors (Lipinski definition) is 0. The van der Waals surface area contributed by atoms with Crippen LogP contribution in [0, 0.1) is 0 Å². The standard InChI is InChI=1S/C52H35N3S/c1-52(2)43-19-11-9-17-40(43)45-42-31-38(29-30-39(42)48-46(47(45)52)41-18-10-12-20-44(41)56-48)51-54-49(36-25-21-34(22-26-36)32-13-5-3-6-14-32)53-50(55-51)37-27-23-35(24-28-37)33-15-7-4-8-16-33/h3-31H,1-2H3. The van der Waals surface area contributed by atoms with Crippen LogP contribution in [0.4, 0.5) is 0 Å². The molecule has 8 aromatic carbocycles. The van der Waals surface area contributed by atoms with E-state index in [-0.39, 0.29) is 5.41 Å². The second-order valence-corrected chi connectivity index (χ2v) is 16.2. The summed E-state index contributed by atoms with van der Waals surface area (Å²) in [5.41, 5.74) is 12.8. The molecule has 4 heteroatoms. The molecule has 0 saturated heterocycles. The number of benzene rings is 8. The maximum Gasteiger partial charge on any atom is 0.164 e. The molecule has 0 amide bonds. The lowest BCUT2D eigenvalue weighted by atomic mass is 9.79. The zero-order valence-electron chi connectivity index (χ0n) is 31.0. The van der Waals surface area contributed by atoms with Crippen LogP contribution in [0.15, 0.2) is 176 Å². The summed E-state index contributed by atoms with van der Waals surface area (Å²) in [6.45, 7) is 4.77. The minimum Gasteiger partial charge on any atom is -0.208 e. The number of hydrogen-bond acceptors (Lipinski definition) is 4. The van der Waals surface area contributed by atoms with Crippen LogP contribution < -0.4 is 0 Å². The summed E-state index contributed by atoms with van der Waals surface area (Å²) in [5.74, 6) is 1.95. The monoisotopic (exact) mass is 733 g/mol. The highest BCUT2D eigenvalue weighted by Crippen LogP contribution is 2.57. The van der Waals surface area contributed by atoms with Gasteiger partial charge in [0.05, 0.1) is 0 Å². The van der Waals surface area contributed by atoms with Crippen molar-refractivity contribution in [1.82, 2.24) is 15.0 Å². The van der Waals surface area contributed by atoms with Gasteiger partial charge in [-0.2, -0.15) is 0 Å². The van der Waals surface area contributed by atoms with Gasteiger partial charge in [-0.3, -0.25) is 0 Å². The van der Waals surface area contributed by atoms with Crippen LogP contribution in [0.5, 0.6) is 0 Å². The molecule has 3 nitrogen and oxygen atoms in total. The molecule has 0 fully saturated rings. The Labute approximate surface area is 329 Å². The van der Waals surface area contributed by atoms with Gasteiger partial charge in [0, 0.05) is 47.7 Å². The fourth-order valence-electron chi connectivity index (χ4n) is 8.76. The first-order chi connectivity index (χ1) is 27.5. The van der Waals surface area contributed by atoms with Gasteiger partial charge in [-0.15, -0.1) is 11.3 Å². The van der Waals surface area contributed by atoms with Crippen LogP contribution in [-0.4, -0.2) is 15.0 Å². The summed E-state index contributed by atoms with van der Waals surface area (Å²) >= 11 is 1.90. The molecule has 0 saturated carbocycles. The lowest BCUT2D eigenvalue weighted by Crippen LogP contribution is -2.15. The average Bonchev–Trinajstić information content (AvgIpc) is 3.76. The van der Waals surface area contributed by atoms with E-state index in [0.717, 1.165) is 27.8 Å². The molecule has 1 aliphatic carbocycles. The first kappa shape index (κ1) is 32.7. The summed E-state index contributed by atoms with van der Waals surface area (Å²) in [7, 11) is 0. The molecular weight excluding hydrogens is 699 g/mol. The zero-order valence-corrected chi connectivity index (χ0v) is 31.8. The van der Waals surface area contributed by atoms with Crippen molar-refractivity contribution in [1.29, 1.82) is 0 Å². The normalized spacial score (nSPS) is 13.0. The molecule has 0 N–H and O–H groups in total. The lowest BCUT2D eigenvalue weighted by Gasteiger charge is -2.23. The van der Waals surface area contributed by atoms with E-state index < -0.39 is 0 Å². The van der Waals surface area contributed by atoms with E-state index >= 15 is 0 Å². The zero-order chi connectivity index (χ0) is 37.4. The Balaban J connectivity index is 1.13. The van der Waals surface area contributed by atoms with Gasteiger partial charge in [-0.25, -0.2) is 15.0 Å². The molecule has 10 aromatic rings. The number of nitrogens with zero attached hydrogens (tertiary/aromatic N) is 3. The molecule has 0 bridgehead atoms. The van der Waals surface area contributed by atoms with Crippen LogP contribution >= 0.6 is 11.3 Å². The van der Waals surface area contributed by atoms with Crippen LogP contribution in [0.25, 0.3) is 98.5 Å². The van der Waals surface area contributed by atoms with Gasteiger partial charge < -0.3 is 0 Å². The third kappa shape index (κ3) is 5.14. The Hall–Kier alpha value is -6.75. The second kappa shape index (κ2) is 12.7. The molecule has 0 spiro atoms. The number of rotatable bonds is 5. The predicted molar refractivity (Wildman–Crippen MR) is 235 cm³/mol.